The normalized spacial score (nSPS) is 14.4. The highest BCUT2D eigenvalue weighted by Gasteiger charge is 2.31. The second-order valence-corrected chi connectivity index (χ2v) is 8.52. The molecule has 1 atom stereocenters. The number of esters is 1. The van der Waals surface area contributed by atoms with Gasteiger partial charge >= 0.3 is 5.97 Å². The molecule has 7 nitrogen and oxygen atoms in total. The Morgan fingerprint density at radius 3 is 2.33 bits per heavy atom. The molecule has 1 unspecified atom stereocenters. The minimum atomic E-state index is -0.410. The number of nitrogens with zero attached hydrogens (tertiary/aromatic N) is 1. The Morgan fingerprint density at radius 1 is 1.03 bits per heavy atom. The van der Waals surface area contributed by atoms with E-state index in [0.29, 0.717) is 40.2 Å². The largest absolute Gasteiger partial charge is 0.493 e. The van der Waals surface area contributed by atoms with Crippen molar-refractivity contribution < 1.29 is 28.1 Å². The molecule has 1 N–H and O–H groups in total. The molecular weight excluding hydrogens is 483 g/mol. The second-order valence-electron chi connectivity index (χ2n) is 8.13. The first-order valence-corrected chi connectivity index (χ1v) is 11.7. The van der Waals surface area contributed by atoms with Crippen molar-refractivity contribution in [3.63, 3.8) is 0 Å². The molecule has 36 heavy (non-hydrogen) atoms. The van der Waals surface area contributed by atoms with E-state index in [1.165, 1.54) is 19.2 Å². The van der Waals surface area contributed by atoms with Crippen LogP contribution < -0.4 is 19.5 Å². The van der Waals surface area contributed by atoms with E-state index in [9.17, 15) is 9.18 Å². The SMILES string of the molecule is COC(=O)c1ccc(OCC2c3cc(OC)c(OC)cc3CCN2C(=S)Nc2ccc(F)cc2)cc1. The number of carbonyl (C=O) groups is 1. The van der Waals surface area contributed by atoms with Crippen LogP contribution in [-0.2, 0) is 11.2 Å². The van der Waals surface area contributed by atoms with E-state index in [1.807, 2.05) is 12.1 Å². The van der Waals surface area contributed by atoms with Gasteiger partial charge in [-0.2, -0.15) is 0 Å². The molecule has 3 aromatic rings. The molecule has 1 aliphatic heterocycles. The summed E-state index contributed by atoms with van der Waals surface area (Å²) in [4.78, 5) is 13.8. The number of anilines is 1. The van der Waals surface area contributed by atoms with Crippen molar-refractivity contribution in [2.75, 3.05) is 39.8 Å². The highest BCUT2D eigenvalue weighted by Crippen LogP contribution is 2.38. The van der Waals surface area contributed by atoms with Crippen LogP contribution in [0.15, 0.2) is 60.7 Å². The minimum absolute atomic E-state index is 0.241. The third kappa shape index (κ3) is 5.52. The molecule has 0 amide bonds. The molecule has 0 bridgehead atoms. The number of methoxy groups -OCH3 is 3. The van der Waals surface area contributed by atoms with Crippen molar-refractivity contribution in [3.05, 3.63) is 83.2 Å². The van der Waals surface area contributed by atoms with Gasteiger partial charge in [-0.05, 0) is 90.4 Å². The van der Waals surface area contributed by atoms with E-state index in [2.05, 4.69) is 10.2 Å². The predicted molar refractivity (Wildman–Crippen MR) is 139 cm³/mol. The summed E-state index contributed by atoms with van der Waals surface area (Å²) in [6, 6.07) is 16.5. The fourth-order valence-electron chi connectivity index (χ4n) is 4.16. The van der Waals surface area contributed by atoms with Crippen LogP contribution >= 0.6 is 12.2 Å². The number of fused-ring (bicyclic) bond motifs is 1. The van der Waals surface area contributed by atoms with Crippen LogP contribution in [0.5, 0.6) is 17.2 Å². The molecule has 3 aromatic carbocycles. The van der Waals surface area contributed by atoms with Crippen LogP contribution in [-0.4, -0.2) is 50.5 Å². The lowest BCUT2D eigenvalue weighted by molar-refractivity contribution is 0.0600. The van der Waals surface area contributed by atoms with E-state index in [1.54, 1.807) is 50.6 Å². The molecule has 0 aromatic heterocycles. The Bertz CT molecular complexity index is 1230. The van der Waals surface area contributed by atoms with Gasteiger partial charge in [0.25, 0.3) is 0 Å². The summed E-state index contributed by atoms with van der Waals surface area (Å²) < 4.78 is 35.3. The Balaban J connectivity index is 1.61. The molecule has 4 rings (SSSR count). The van der Waals surface area contributed by atoms with Gasteiger partial charge in [-0.1, -0.05) is 0 Å². The quantitative estimate of drug-likeness (QED) is 0.352. The maximum Gasteiger partial charge on any atom is 0.337 e. The number of ether oxygens (including phenoxy) is 4. The van der Waals surface area contributed by atoms with Gasteiger partial charge in [-0.25, -0.2) is 9.18 Å². The van der Waals surface area contributed by atoms with Crippen molar-refractivity contribution in [1.82, 2.24) is 4.90 Å². The summed E-state index contributed by atoms with van der Waals surface area (Å²) in [6.45, 7) is 0.927. The third-order valence-corrected chi connectivity index (χ3v) is 6.38. The van der Waals surface area contributed by atoms with Gasteiger partial charge in [-0.3, -0.25) is 0 Å². The third-order valence-electron chi connectivity index (χ3n) is 6.04. The van der Waals surface area contributed by atoms with Gasteiger partial charge in [0.05, 0.1) is 32.9 Å². The molecule has 1 aliphatic rings. The molecule has 0 radical (unpaired) electrons. The van der Waals surface area contributed by atoms with Crippen LogP contribution in [0.1, 0.15) is 27.5 Å². The van der Waals surface area contributed by atoms with E-state index in [4.69, 9.17) is 31.2 Å². The van der Waals surface area contributed by atoms with Gasteiger partial charge in [0.2, 0.25) is 0 Å². The number of nitrogens with one attached hydrogen (secondary N) is 1. The zero-order chi connectivity index (χ0) is 25.7. The van der Waals surface area contributed by atoms with Gasteiger partial charge in [0.15, 0.2) is 16.6 Å². The summed E-state index contributed by atoms with van der Waals surface area (Å²) in [5, 5.41) is 3.70. The predicted octanol–water partition coefficient (Wildman–Crippen LogP) is 5.00. The molecule has 0 fully saturated rings. The first-order valence-electron chi connectivity index (χ1n) is 11.3. The number of rotatable bonds is 7. The molecule has 0 saturated heterocycles. The first kappa shape index (κ1) is 25.2. The summed E-state index contributed by atoms with van der Waals surface area (Å²) in [6.07, 6.45) is 0.741. The molecule has 0 aliphatic carbocycles. The van der Waals surface area contributed by atoms with Crippen molar-refractivity contribution >= 4 is 29.0 Å². The average Bonchev–Trinajstić information content (AvgIpc) is 2.91. The summed E-state index contributed by atoms with van der Waals surface area (Å²) >= 11 is 5.75. The van der Waals surface area contributed by atoms with Crippen LogP contribution in [0.2, 0.25) is 0 Å². The Morgan fingerprint density at radius 2 is 1.69 bits per heavy atom. The number of hydrogen-bond donors (Lipinski definition) is 1. The van der Waals surface area contributed by atoms with Crippen molar-refractivity contribution in [1.29, 1.82) is 0 Å². The van der Waals surface area contributed by atoms with E-state index in [0.717, 1.165) is 17.5 Å². The fourth-order valence-corrected chi connectivity index (χ4v) is 4.50. The number of halogens is 1. The van der Waals surface area contributed by atoms with Crippen molar-refractivity contribution in [2.24, 2.45) is 0 Å². The summed E-state index contributed by atoms with van der Waals surface area (Å²) in [5.74, 6) is 1.15. The maximum absolute atomic E-state index is 13.4. The van der Waals surface area contributed by atoms with Crippen molar-refractivity contribution in [2.45, 2.75) is 12.5 Å². The lowest BCUT2D eigenvalue weighted by atomic mass is 9.92. The topological polar surface area (TPSA) is 69.3 Å². The zero-order valence-electron chi connectivity index (χ0n) is 20.2. The van der Waals surface area contributed by atoms with Gasteiger partial charge < -0.3 is 29.2 Å². The maximum atomic E-state index is 13.4. The number of thiocarbonyl (C=S) groups is 1. The van der Waals surface area contributed by atoms with E-state index < -0.39 is 5.97 Å². The fraction of sp³-hybridized carbons (Fsp3) is 0.259. The Kier molecular flexibility index (Phi) is 7.90. The zero-order valence-corrected chi connectivity index (χ0v) is 21.1. The lowest BCUT2D eigenvalue weighted by Gasteiger charge is -2.39. The molecule has 9 heteroatoms. The highest BCUT2D eigenvalue weighted by molar-refractivity contribution is 7.80. The van der Waals surface area contributed by atoms with Crippen LogP contribution in [0.3, 0.4) is 0 Å². The van der Waals surface area contributed by atoms with Crippen LogP contribution in [0.25, 0.3) is 0 Å². The van der Waals surface area contributed by atoms with Gasteiger partial charge in [-0.15, -0.1) is 0 Å². The standard InChI is InChI=1S/C27H27FN2O5S/c1-32-24-14-18-12-13-30(27(36)29-20-8-6-19(28)7-9-20)23(22(18)15-25(24)33-2)16-35-21-10-4-17(5-11-21)26(31)34-3/h4-11,14-15,23H,12-13,16H2,1-3H3,(H,29,36). The summed E-state index contributed by atoms with van der Waals surface area (Å²) in [5.41, 5.74) is 3.25. The Hall–Kier alpha value is -3.85. The van der Waals surface area contributed by atoms with Crippen molar-refractivity contribution in [3.8, 4) is 17.2 Å². The average molecular weight is 511 g/mol. The van der Waals surface area contributed by atoms with Crippen LogP contribution in [0.4, 0.5) is 10.1 Å². The lowest BCUT2D eigenvalue weighted by Crippen LogP contribution is -2.44. The summed E-state index contributed by atoms with van der Waals surface area (Å²) in [7, 11) is 4.55. The minimum Gasteiger partial charge on any atom is -0.493 e. The molecule has 1 heterocycles. The van der Waals surface area contributed by atoms with Gasteiger partial charge in [0.1, 0.15) is 18.2 Å². The molecule has 0 spiro atoms. The van der Waals surface area contributed by atoms with Gasteiger partial charge in [0, 0.05) is 12.2 Å². The number of hydrogen-bond acceptors (Lipinski definition) is 6. The highest BCUT2D eigenvalue weighted by atomic mass is 32.1. The number of benzene rings is 3. The molecule has 188 valence electrons. The molecular formula is C27H27FN2O5S. The van der Waals surface area contributed by atoms with E-state index in [-0.39, 0.29) is 18.5 Å². The number of carbonyl (C=O) groups excluding carboxylic acids is 1. The Labute approximate surface area is 214 Å². The van der Waals surface area contributed by atoms with Crippen LogP contribution in [0, 0.1) is 5.82 Å². The monoisotopic (exact) mass is 510 g/mol. The van der Waals surface area contributed by atoms with E-state index >= 15 is 0 Å². The first-order chi connectivity index (χ1) is 17.4. The molecule has 0 saturated carbocycles. The second kappa shape index (κ2) is 11.3. The smallest absolute Gasteiger partial charge is 0.337 e.